The van der Waals surface area contributed by atoms with Crippen LogP contribution in [0.4, 0.5) is 0 Å². The van der Waals surface area contributed by atoms with Crippen LogP contribution in [0.3, 0.4) is 0 Å². The third-order valence-electron chi connectivity index (χ3n) is 2.42. The van der Waals surface area contributed by atoms with Crippen LogP contribution in [0.5, 0.6) is 0 Å². The molecule has 0 radical (unpaired) electrons. The molecular weight excluding hydrogens is 146 g/mol. The lowest BCUT2D eigenvalue weighted by molar-refractivity contribution is 0.435. The van der Waals surface area contributed by atoms with Crippen LogP contribution in [-0.2, 0) is 0 Å². The Balaban J connectivity index is 2.86. The molecule has 2 N–H and O–H groups in total. The first-order valence-corrected chi connectivity index (χ1v) is 4.35. The highest BCUT2D eigenvalue weighted by Gasteiger charge is 2.21. The van der Waals surface area contributed by atoms with Crippen molar-refractivity contribution in [2.45, 2.75) is 32.2 Å². The van der Waals surface area contributed by atoms with Crippen LogP contribution in [0.1, 0.15) is 32.3 Å². The summed E-state index contributed by atoms with van der Waals surface area (Å²) in [6.45, 7) is 6.28. The van der Waals surface area contributed by atoms with E-state index in [1.54, 1.807) is 0 Å². The zero-order chi connectivity index (χ0) is 9.19. The van der Waals surface area contributed by atoms with Crippen molar-refractivity contribution in [2.75, 3.05) is 0 Å². The SMILES string of the molecule is CC(c1ccccc1)C(C)(C)N. The van der Waals surface area contributed by atoms with Crippen LogP contribution in [0.15, 0.2) is 30.3 Å². The van der Waals surface area contributed by atoms with Crippen molar-refractivity contribution in [1.29, 1.82) is 0 Å². The summed E-state index contributed by atoms with van der Waals surface area (Å²) in [6.07, 6.45) is 0. The molecule has 0 aliphatic rings. The maximum atomic E-state index is 6.01. The average molecular weight is 163 g/mol. The number of hydrogen-bond donors (Lipinski definition) is 1. The molecule has 1 unspecified atom stereocenters. The Bertz CT molecular complexity index is 233. The zero-order valence-corrected chi connectivity index (χ0v) is 8.04. The topological polar surface area (TPSA) is 26.0 Å². The monoisotopic (exact) mass is 163 g/mol. The summed E-state index contributed by atoms with van der Waals surface area (Å²) in [7, 11) is 0. The summed E-state index contributed by atoms with van der Waals surface area (Å²) in [5, 5.41) is 0. The van der Waals surface area contributed by atoms with E-state index in [-0.39, 0.29) is 5.54 Å². The lowest BCUT2D eigenvalue weighted by Crippen LogP contribution is -2.37. The van der Waals surface area contributed by atoms with Gasteiger partial charge in [0.15, 0.2) is 0 Å². The predicted octanol–water partition coefficient (Wildman–Crippen LogP) is 2.53. The molecule has 0 amide bonds. The van der Waals surface area contributed by atoms with Crippen LogP contribution in [0, 0.1) is 0 Å². The van der Waals surface area contributed by atoms with Crippen molar-refractivity contribution in [1.82, 2.24) is 0 Å². The summed E-state index contributed by atoms with van der Waals surface area (Å²) in [5.41, 5.74) is 7.18. The van der Waals surface area contributed by atoms with Crippen molar-refractivity contribution < 1.29 is 0 Å². The van der Waals surface area contributed by atoms with Gasteiger partial charge in [-0.25, -0.2) is 0 Å². The van der Waals surface area contributed by atoms with Gasteiger partial charge >= 0.3 is 0 Å². The molecule has 0 aromatic heterocycles. The second-order valence-corrected chi connectivity index (χ2v) is 3.95. The van der Waals surface area contributed by atoms with Gasteiger partial charge in [-0.05, 0) is 25.3 Å². The molecule has 1 atom stereocenters. The van der Waals surface area contributed by atoms with Crippen molar-refractivity contribution in [3.63, 3.8) is 0 Å². The molecule has 1 rings (SSSR count). The Kier molecular flexibility index (Phi) is 2.53. The summed E-state index contributed by atoms with van der Waals surface area (Å²) >= 11 is 0. The Morgan fingerprint density at radius 1 is 1.17 bits per heavy atom. The van der Waals surface area contributed by atoms with Crippen LogP contribution in [0.25, 0.3) is 0 Å². The van der Waals surface area contributed by atoms with Gasteiger partial charge in [-0.2, -0.15) is 0 Å². The molecule has 1 heteroatoms. The largest absolute Gasteiger partial charge is 0.325 e. The zero-order valence-electron chi connectivity index (χ0n) is 8.04. The van der Waals surface area contributed by atoms with E-state index in [1.807, 2.05) is 6.07 Å². The smallest absolute Gasteiger partial charge is 0.0163 e. The first kappa shape index (κ1) is 9.27. The molecule has 0 aliphatic heterocycles. The summed E-state index contributed by atoms with van der Waals surface area (Å²) in [6, 6.07) is 10.4. The Morgan fingerprint density at radius 2 is 1.67 bits per heavy atom. The molecule has 66 valence electrons. The number of rotatable bonds is 2. The molecule has 0 saturated carbocycles. The van der Waals surface area contributed by atoms with Crippen molar-refractivity contribution >= 4 is 0 Å². The second-order valence-electron chi connectivity index (χ2n) is 3.95. The van der Waals surface area contributed by atoms with Crippen molar-refractivity contribution in [3.05, 3.63) is 35.9 Å². The van der Waals surface area contributed by atoms with Gasteiger partial charge in [0.1, 0.15) is 0 Å². The maximum Gasteiger partial charge on any atom is 0.0163 e. The lowest BCUT2D eigenvalue weighted by Gasteiger charge is -2.27. The minimum atomic E-state index is -0.138. The van der Waals surface area contributed by atoms with E-state index < -0.39 is 0 Å². The van der Waals surface area contributed by atoms with Gasteiger partial charge in [0.25, 0.3) is 0 Å². The standard InChI is InChI=1S/C11H17N/c1-9(11(2,3)12)10-7-5-4-6-8-10/h4-9H,12H2,1-3H3. The highest BCUT2D eigenvalue weighted by Crippen LogP contribution is 2.24. The highest BCUT2D eigenvalue weighted by molar-refractivity contribution is 5.21. The Labute approximate surface area is 74.6 Å². The van der Waals surface area contributed by atoms with E-state index in [2.05, 4.69) is 45.0 Å². The molecule has 1 aromatic carbocycles. The molecule has 0 spiro atoms. The molecule has 0 aliphatic carbocycles. The molecule has 0 bridgehead atoms. The van der Waals surface area contributed by atoms with Gasteiger partial charge in [-0.3, -0.25) is 0 Å². The molecule has 0 saturated heterocycles. The van der Waals surface area contributed by atoms with E-state index in [1.165, 1.54) is 5.56 Å². The van der Waals surface area contributed by atoms with Crippen LogP contribution in [0.2, 0.25) is 0 Å². The molecule has 0 heterocycles. The minimum absolute atomic E-state index is 0.138. The molecular formula is C11H17N. The van der Waals surface area contributed by atoms with Crippen LogP contribution < -0.4 is 5.73 Å². The van der Waals surface area contributed by atoms with Gasteiger partial charge in [-0.15, -0.1) is 0 Å². The Morgan fingerprint density at radius 3 is 2.08 bits per heavy atom. The first-order valence-electron chi connectivity index (χ1n) is 4.35. The fraction of sp³-hybridized carbons (Fsp3) is 0.455. The normalized spacial score (nSPS) is 14.3. The van der Waals surface area contributed by atoms with E-state index in [0.29, 0.717) is 5.92 Å². The summed E-state index contributed by atoms with van der Waals surface area (Å²) in [4.78, 5) is 0. The third-order valence-corrected chi connectivity index (χ3v) is 2.42. The van der Waals surface area contributed by atoms with Crippen LogP contribution >= 0.6 is 0 Å². The quantitative estimate of drug-likeness (QED) is 0.712. The summed E-state index contributed by atoms with van der Waals surface area (Å²) in [5.74, 6) is 0.402. The molecule has 1 aromatic rings. The van der Waals surface area contributed by atoms with Gasteiger partial charge in [0, 0.05) is 5.54 Å². The van der Waals surface area contributed by atoms with E-state index in [0.717, 1.165) is 0 Å². The minimum Gasteiger partial charge on any atom is -0.325 e. The number of nitrogens with two attached hydrogens (primary N) is 1. The van der Waals surface area contributed by atoms with Gasteiger partial charge in [0.05, 0.1) is 0 Å². The fourth-order valence-corrected chi connectivity index (χ4v) is 1.17. The predicted molar refractivity (Wildman–Crippen MR) is 53.1 cm³/mol. The lowest BCUT2D eigenvalue weighted by atomic mass is 9.84. The molecule has 0 fully saturated rings. The average Bonchev–Trinajstić information content (AvgIpc) is 2.03. The second kappa shape index (κ2) is 3.28. The van der Waals surface area contributed by atoms with Gasteiger partial charge < -0.3 is 5.73 Å². The highest BCUT2D eigenvalue weighted by atomic mass is 14.7. The fourth-order valence-electron chi connectivity index (χ4n) is 1.17. The number of hydrogen-bond acceptors (Lipinski definition) is 1. The van der Waals surface area contributed by atoms with E-state index in [4.69, 9.17) is 5.73 Å². The van der Waals surface area contributed by atoms with Crippen LogP contribution in [-0.4, -0.2) is 5.54 Å². The number of benzene rings is 1. The Hall–Kier alpha value is -0.820. The van der Waals surface area contributed by atoms with E-state index >= 15 is 0 Å². The summed E-state index contributed by atoms with van der Waals surface area (Å²) < 4.78 is 0. The third kappa shape index (κ3) is 2.08. The molecule has 1 nitrogen and oxygen atoms in total. The van der Waals surface area contributed by atoms with Gasteiger partial charge in [-0.1, -0.05) is 37.3 Å². The van der Waals surface area contributed by atoms with E-state index in [9.17, 15) is 0 Å². The molecule has 12 heavy (non-hydrogen) atoms. The van der Waals surface area contributed by atoms with Crippen molar-refractivity contribution in [2.24, 2.45) is 5.73 Å². The van der Waals surface area contributed by atoms with Crippen molar-refractivity contribution in [3.8, 4) is 0 Å². The van der Waals surface area contributed by atoms with Gasteiger partial charge in [0.2, 0.25) is 0 Å². The first-order chi connectivity index (χ1) is 5.52. The maximum absolute atomic E-state index is 6.01.